The van der Waals surface area contributed by atoms with Gasteiger partial charge in [0.05, 0.1) is 19.1 Å². The first kappa shape index (κ1) is 17.9. The lowest BCUT2D eigenvalue weighted by Crippen LogP contribution is -2.27. The van der Waals surface area contributed by atoms with Crippen molar-refractivity contribution in [2.75, 3.05) is 13.7 Å². The maximum atomic E-state index is 12.4. The number of ether oxygens (including phenoxy) is 3. The smallest absolute Gasteiger partial charge is 0.200 e. The summed E-state index contributed by atoms with van der Waals surface area (Å²) in [6.07, 6.45) is 4.35. The van der Waals surface area contributed by atoms with Gasteiger partial charge in [0.2, 0.25) is 0 Å². The zero-order valence-corrected chi connectivity index (χ0v) is 15.1. The second-order valence-corrected chi connectivity index (χ2v) is 7.48. The average Bonchev–Trinajstić information content (AvgIpc) is 3.43. The molecule has 1 saturated carbocycles. The summed E-state index contributed by atoms with van der Waals surface area (Å²) in [6.45, 7) is 4.09. The van der Waals surface area contributed by atoms with E-state index in [1.807, 2.05) is 18.2 Å². The summed E-state index contributed by atoms with van der Waals surface area (Å²) < 4.78 is 17.0. The molecule has 3 rings (SSSR count). The van der Waals surface area contributed by atoms with E-state index in [4.69, 9.17) is 14.2 Å². The van der Waals surface area contributed by atoms with Crippen molar-refractivity contribution in [3.05, 3.63) is 23.8 Å². The molecule has 1 heterocycles. The summed E-state index contributed by atoms with van der Waals surface area (Å²) in [6, 6.07) is 5.80. The number of hydrogen-bond acceptors (Lipinski definition) is 5. The molecule has 3 atom stereocenters. The van der Waals surface area contributed by atoms with Gasteiger partial charge in [0.25, 0.3) is 0 Å². The second kappa shape index (κ2) is 7.16. The van der Waals surface area contributed by atoms with E-state index in [9.17, 15) is 9.59 Å². The van der Waals surface area contributed by atoms with Crippen molar-refractivity contribution in [2.45, 2.75) is 51.7 Å². The van der Waals surface area contributed by atoms with E-state index in [0.29, 0.717) is 11.5 Å². The molecule has 1 aromatic rings. The first-order valence-corrected chi connectivity index (χ1v) is 8.93. The monoisotopic (exact) mass is 346 g/mol. The van der Waals surface area contributed by atoms with Gasteiger partial charge in [0.15, 0.2) is 17.8 Å². The van der Waals surface area contributed by atoms with Crippen LogP contribution in [0.5, 0.6) is 11.5 Å². The second-order valence-electron chi connectivity index (χ2n) is 7.48. The molecule has 25 heavy (non-hydrogen) atoms. The third-order valence-electron chi connectivity index (χ3n) is 5.07. The van der Waals surface area contributed by atoms with Gasteiger partial charge in [0, 0.05) is 12.3 Å². The van der Waals surface area contributed by atoms with Gasteiger partial charge in [-0.15, -0.1) is 0 Å². The van der Waals surface area contributed by atoms with Crippen LogP contribution in [-0.4, -0.2) is 32.1 Å². The number of carbonyl (C=O) groups excluding carboxylic acids is 2. The average molecular weight is 346 g/mol. The van der Waals surface area contributed by atoms with Gasteiger partial charge >= 0.3 is 0 Å². The third-order valence-corrected chi connectivity index (χ3v) is 5.07. The lowest BCUT2D eigenvalue weighted by molar-refractivity contribution is -0.133. The Hall–Kier alpha value is -1.88. The van der Waals surface area contributed by atoms with Crippen molar-refractivity contribution in [2.24, 2.45) is 11.3 Å². The van der Waals surface area contributed by atoms with Crippen LogP contribution < -0.4 is 9.47 Å². The topological polar surface area (TPSA) is 61.8 Å². The largest absolute Gasteiger partial charge is 0.493 e. The summed E-state index contributed by atoms with van der Waals surface area (Å²) in [5.41, 5.74) is 0.138. The van der Waals surface area contributed by atoms with Crippen LogP contribution >= 0.6 is 0 Å². The van der Waals surface area contributed by atoms with E-state index in [1.54, 1.807) is 21.0 Å². The lowest BCUT2D eigenvalue weighted by atomic mass is 9.86. The number of benzene rings is 1. The molecule has 136 valence electrons. The summed E-state index contributed by atoms with van der Waals surface area (Å²) >= 11 is 0. The number of aldehydes is 1. The molecule has 2 fully saturated rings. The van der Waals surface area contributed by atoms with Gasteiger partial charge in [-0.2, -0.15) is 0 Å². The predicted octanol–water partition coefficient (Wildman–Crippen LogP) is 3.50. The summed E-state index contributed by atoms with van der Waals surface area (Å²) in [5.74, 6) is 1.40. The van der Waals surface area contributed by atoms with Crippen molar-refractivity contribution in [1.29, 1.82) is 0 Å². The number of ketones is 1. The summed E-state index contributed by atoms with van der Waals surface area (Å²) in [7, 11) is 1.61. The normalized spacial score (nSPS) is 26.0. The highest BCUT2D eigenvalue weighted by Crippen LogP contribution is 2.51. The van der Waals surface area contributed by atoms with E-state index in [2.05, 4.69) is 0 Å². The fourth-order valence-corrected chi connectivity index (χ4v) is 3.35. The number of Topliss-reactive ketones (excluding diaryl/α,β-unsaturated/α-hetero) is 1. The lowest BCUT2D eigenvalue weighted by Gasteiger charge is -2.24. The number of rotatable bonds is 7. The Labute approximate surface area is 148 Å². The zero-order valence-electron chi connectivity index (χ0n) is 15.1. The molecule has 1 saturated heterocycles. The molecule has 5 nitrogen and oxygen atoms in total. The Bertz CT molecular complexity index is 645. The quantitative estimate of drug-likeness (QED) is 0.558. The van der Waals surface area contributed by atoms with Crippen molar-refractivity contribution < 1.29 is 23.8 Å². The van der Waals surface area contributed by atoms with Crippen molar-refractivity contribution in [3.8, 4) is 11.5 Å². The van der Waals surface area contributed by atoms with Crippen LogP contribution in [0.2, 0.25) is 0 Å². The van der Waals surface area contributed by atoms with Gasteiger partial charge in [-0.1, -0.05) is 6.07 Å². The summed E-state index contributed by atoms with van der Waals surface area (Å²) in [5, 5.41) is 0. The van der Waals surface area contributed by atoms with Gasteiger partial charge in [-0.3, -0.25) is 4.79 Å². The van der Waals surface area contributed by atoms with E-state index in [1.165, 1.54) is 0 Å². The fraction of sp³-hybridized carbons (Fsp3) is 0.600. The maximum absolute atomic E-state index is 12.4. The molecule has 0 aromatic heterocycles. The van der Waals surface area contributed by atoms with Crippen LogP contribution in [0.25, 0.3) is 0 Å². The molecule has 2 aliphatic rings. The van der Waals surface area contributed by atoms with Gasteiger partial charge < -0.3 is 19.0 Å². The predicted molar refractivity (Wildman–Crippen MR) is 92.9 cm³/mol. The van der Waals surface area contributed by atoms with Crippen LogP contribution in [0.1, 0.15) is 51.0 Å². The van der Waals surface area contributed by atoms with Gasteiger partial charge in [-0.25, -0.2) is 0 Å². The van der Waals surface area contributed by atoms with E-state index in [0.717, 1.165) is 44.1 Å². The SMILES string of the molecule is COc1cc(C2CC2C(=O)C(C)(C)C=O)ccc1OC1CCCCO1. The van der Waals surface area contributed by atoms with Crippen LogP contribution in [0.4, 0.5) is 0 Å². The fourth-order valence-electron chi connectivity index (χ4n) is 3.35. The van der Waals surface area contributed by atoms with Crippen molar-refractivity contribution >= 4 is 12.1 Å². The number of carbonyl (C=O) groups is 2. The molecule has 1 aromatic carbocycles. The Morgan fingerprint density at radius 1 is 1.28 bits per heavy atom. The molecule has 0 spiro atoms. The van der Waals surface area contributed by atoms with Crippen molar-refractivity contribution in [3.63, 3.8) is 0 Å². The summed E-state index contributed by atoms with van der Waals surface area (Å²) in [4.78, 5) is 23.5. The zero-order chi connectivity index (χ0) is 18.0. The highest BCUT2D eigenvalue weighted by atomic mass is 16.7. The highest BCUT2D eigenvalue weighted by molar-refractivity contribution is 6.00. The van der Waals surface area contributed by atoms with Crippen molar-refractivity contribution in [1.82, 2.24) is 0 Å². The minimum atomic E-state index is -0.912. The van der Waals surface area contributed by atoms with Crippen LogP contribution in [0, 0.1) is 11.3 Å². The Morgan fingerprint density at radius 3 is 2.72 bits per heavy atom. The van der Waals surface area contributed by atoms with E-state index >= 15 is 0 Å². The Balaban J connectivity index is 1.70. The molecular formula is C20H26O5. The third kappa shape index (κ3) is 3.87. The molecule has 0 radical (unpaired) electrons. The Morgan fingerprint density at radius 2 is 2.08 bits per heavy atom. The first-order chi connectivity index (χ1) is 12.0. The molecule has 3 unspecified atom stereocenters. The van der Waals surface area contributed by atoms with E-state index in [-0.39, 0.29) is 23.9 Å². The van der Waals surface area contributed by atoms with Gasteiger partial charge in [0.1, 0.15) is 12.1 Å². The molecule has 5 heteroatoms. The minimum absolute atomic E-state index is 0.0161. The van der Waals surface area contributed by atoms with Crippen LogP contribution in [0.3, 0.4) is 0 Å². The highest BCUT2D eigenvalue weighted by Gasteiger charge is 2.48. The van der Waals surface area contributed by atoms with E-state index < -0.39 is 5.41 Å². The standard InChI is InChI=1S/C20H26O5/c1-20(2,12-21)19(22)15-11-14(15)13-7-8-16(17(10-13)23-3)25-18-6-4-5-9-24-18/h7-8,10,12,14-15,18H,4-6,9,11H2,1-3H3. The molecule has 1 aliphatic carbocycles. The first-order valence-electron chi connectivity index (χ1n) is 8.93. The molecule has 0 amide bonds. The molecule has 0 bridgehead atoms. The minimum Gasteiger partial charge on any atom is -0.493 e. The number of hydrogen-bond donors (Lipinski definition) is 0. The molecule has 1 aliphatic heterocycles. The molecule has 0 N–H and O–H groups in total. The Kier molecular flexibility index (Phi) is 5.13. The van der Waals surface area contributed by atoms with Crippen LogP contribution in [0.15, 0.2) is 18.2 Å². The van der Waals surface area contributed by atoms with Gasteiger partial charge in [-0.05, 0) is 56.7 Å². The van der Waals surface area contributed by atoms with Crippen LogP contribution in [-0.2, 0) is 14.3 Å². The molecular weight excluding hydrogens is 320 g/mol. The maximum Gasteiger partial charge on any atom is 0.200 e. The number of methoxy groups -OCH3 is 1.